The van der Waals surface area contributed by atoms with Crippen LogP contribution in [0.2, 0.25) is 0 Å². The van der Waals surface area contributed by atoms with E-state index in [1.54, 1.807) is 11.3 Å². The molecule has 0 N–H and O–H groups in total. The first-order chi connectivity index (χ1) is 15.2. The van der Waals surface area contributed by atoms with Gasteiger partial charge in [0, 0.05) is 31.1 Å². The summed E-state index contributed by atoms with van der Waals surface area (Å²) >= 11 is 1.75. The van der Waals surface area contributed by atoms with Crippen LogP contribution in [-0.4, -0.2) is 48.9 Å². The van der Waals surface area contributed by atoms with E-state index < -0.39 is 21.7 Å². The molecule has 6 nitrogen and oxygen atoms in total. The molecule has 10 heteroatoms. The van der Waals surface area contributed by atoms with E-state index in [4.69, 9.17) is 4.98 Å². The second-order valence-electron chi connectivity index (χ2n) is 8.59. The number of aromatic nitrogens is 2. The van der Waals surface area contributed by atoms with Gasteiger partial charge in [-0.2, -0.15) is 4.31 Å². The number of anilines is 1. The number of benzene rings is 1. The minimum Gasteiger partial charge on any atom is -0.353 e. The van der Waals surface area contributed by atoms with Crippen LogP contribution >= 0.6 is 11.3 Å². The lowest BCUT2D eigenvalue weighted by Gasteiger charge is -2.35. The zero-order valence-electron chi connectivity index (χ0n) is 17.9. The van der Waals surface area contributed by atoms with Crippen molar-refractivity contribution in [2.45, 2.75) is 38.0 Å². The number of sulfonamides is 1. The first kappa shape index (κ1) is 21.7. The highest BCUT2D eigenvalue weighted by molar-refractivity contribution is 7.89. The predicted molar refractivity (Wildman–Crippen MR) is 121 cm³/mol. The molecule has 170 valence electrons. The Kier molecular flexibility index (Phi) is 5.42. The van der Waals surface area contributed by atoms with Crippen molar-refractivity contribution in [3.8, 4) is 0 Å². The maximum absolute atomic E-state index is 13.6. The molecule has 5 rings (SSSR count). The minimum atomic E-state index is -3.90. The monoisotopic (exact) mass is 478 g/mol. The number of hydrogen-bond acceptors (Lipinski definition) is 6. The molecule has 1 atom stereocenters. The Labute approximate surface area is 189 Å². The van der Waals surface area contributed by atoms with Gasteiger partial charge in [0.1, 0.15) is 16.5 Å². The predicted octanol–water partition coefficient (Wildman–Crippen LogP) is 3.91. The van der Waals surface area contributed by atoms with Gasteiger partial charge in [-0.05, 0) is 55.9 Å². The molecule has 1 saturated heterocycles. The van der Waals surface area contributed by atoms with Gasteiger partial charge in [-0.1, -0.05) is 6.92 Å². The van der Waals surface area contributed by atoms with Crippen molar-refractivity contribution in [3.05, 3.63) is 46.1 Å². The molecular formula is C22H24F2N4O2S2. The lowest BCUT2D eigenvalue weighted by atomic mass is 9.89. The maximum atomic E-state index is 13.6. The zero-order chi connectivity index (χ0) is 22.6. The first-order valence-electron chi connectivity index (χ1n) is 10.7. The van der Waals surface area contributed by atoms with Crippen molar-refractivity contribution in [2.24, 2.45) is 5.92 Å². The molecule has 0 amide bonds. The Balaban J connectivity index is 1.42. The second kappa shape index (κ2) is 8.00. The van der Waals surface area contributed by atoms with Gasteiger partial charge in [-0.3, -0.25) is 0 Å². The van der Waals surface area contributed by atoms with Crippen LogP contribution in [0, 0.1) is 24.5 Å². The van der Waals surface area contributed by atoms with Gasteiger partial charge in [0.25, 0.3) is 0 Å². The molecular weight excluding hydrogens is 454 g/mol. The van der Waals surface area contributed by atoms with Gasteiger partial charge < -0.3 is 4.90 Å². The number of thiophene rings is 1. The van der Waals surface area contributed by atoms with Crippen LogP contribution in [0.4, 0.5) is 14.6 Å². The molecule has 0 spiro atoms. The topological polar surface area (TPSA) is 66.4 Å². The summed E-state index contributed by atoms with van der Waals surface area (Å²) in [4.78, 5) is 13.7. The molecule has 2 aromatic heterocycles. The average molecular weight is 479 g/mol. The number of piperazine rings is 1. The number of rotatable bonds is 3. The van der Waals surface area contributed by atoms with Crippen LogP contribution in [0.5, 0.6) is 0 Å². The highest BCUT2D eigenvalue weighted by Gasteiger charge is 2.32. The Bertz CT molecular complexity index is 1300. The molecule has 0 saturated carbocycles. The largest absolute Gasteiger partial charge is 0.353 e. The third kappa shape index (κ3) is 3.68. The lowest BCUT2D eigenvalue weighted by molar-refractivity contribution is 0.383. The summed E-state index contributed by atoms with van der Waals surface area (Å²) in [6.45, 7) is 5.58. The average Bonchev–Trinajstić information content (AvgIpc) is 3.12. The number of aryl methyl sites for hydroxylation is 2. The first-order valence-corrected chi connectivity index (χ1v) is 13.0. The summed E-state index contributed by atoms with van der Waals surface area (Å²) in [5.41, 5.74) is 1.34. The van der Waals surface area contributed by atoms with Crippen molar-refractivity contribution in [3.63, 3.8) is 0 Å². The van der Waals surface area contributed by atoms with Crippen LogP contribution < -0.4 is 4.90 Å². The van der Waals surface area contributed by atoms with Gasteiger partial charge >= 0.3 is 0 Å². The van der Waals surface area contributed by atoms with E-state index in [9.17, 15) is 17.2 Å². The fourth-order valence-electron chi connectivity index (χ4n) is 4.58. The lowest BCUT2D eigenvalue weighted by Crippen LogP contribution is -2.49. The Morgan fingerprint density at radius 1 is 1.09 bits per heavy atom. The van der Waals surface area contributed by atoms with Gasteiger partial charge in [-0.15, -0.1) is 11.3 Å². The molecule has 1 aromatic carbocycles. The van der Waals surface area contributed by atoms with Crippen molar-refractivity contribution in [1.29, 1.82) is 0 Å². The molecule has 1 aliphatic carbocycles. The van der Waals surface area contributed by atoms with E-state index in [-0.39, 0.29) is 18.0 Å². The van der Waals surface area contributed by atoms with E-state index in [2.05, 4.69) is 16.8 Å². The summed E-state index contributed by atoms with van der Waals surface area (Å²) in [7, 11) is -3.90. The summed E-state index contributed by atoms with van der Waals surface area (Å²) in [5, 5.41) is 1.11. The van der Waals surface area contributed by atoms with E-state index >= 15 is 0 Å². The van der Waals surface area contributed by atoms with Crippen LogP contribution in [0.15, 0.2) is 23.1 Å². The summed E-state index contributed by atoms with van der Waals surface area (Å²) < 4.78 is 54.0. The zero-order valence-corrected chi connectivity index (χ0v) is 19.6. The molecule has 0 radical (unpaired) electrons. The number of nitrogens with zero attached hydrogens (tertiary/aromatic N) is 4. The third-order valence-electron chi connectivity index (χ3n) is 6.31. The summed E-state index contributed by atoms with van der Waals surface area (Å²) in [6.07, 6.45) is 3.22. The molecule has 3 aromatic rings. The molecule has 32 heavy (non-hydrogen) atoms. The summed E-state index contributed by atoms with van der Waals surface area (Å²) in [6, 6.07) is 2.70. The van der Waals surface area contributed by atoms with Crippen molar-refractivity contribution in [1.82, 2.24) is 14.3 Å². The van der Waals surface area contributed by atoms with Gasteiger partial charge in [0.2, 0.25) is 10.0 Å². The van der Waals surface area contributed by atoms with Crippen LogP contribution in [0.25, 0.3) is 10.2 Å². The van der Waals surface area contributed by atoms with Gasteiger partial charge in [0.05, 0.1) is 10.3 Å². The Morgan fingerprint density at radius 2 is 1.84 bits per heavy atom. The minimum absolute atomic E-state index is 0.230. The molecule has 3 heterocycles. The van der Waals surface area contributed by atoms with E-state index in [0.717, 1.165) is 53.5 Å². The van der Waals surface area contributed by atoms with Crippen molar-refractivity contribution >= 4 is 37.4 Å². The molecule has 1 fully saturated rings. The Morgan fingerprint density at radius 3 is 2.56 bits per heavy atom. The maximum Gasteiger partial charge on any atom is 0.243 e. The van der Waals surface area contributed by atoms with Crippen molar-refractivity contribution in [2.75, 3.05) is 31.1 Å². The van der Waals surface area contributed by atoms with E-state index in [1.807, 2.05) is 6.92 Å². The smallest absolute Gasteiger partial charge is 0.243 e. The molecule has 1 aliphatic heterocycles. The molecule has 0 unspecified atom stereocenters. The van der Waals surface area contributed by atoms with Crippen molar-refractivity contribution < 1.29 is 17.2 Å². The molecule has 2 aliphatic rings. The van der Waals surface area contributed by atoms with Crippen LogP contribution in [0.1, 0.15) is 29.6 Å². The Hall–Kier alpha value is -2.17. The number of hydrogen-bond donors (Lipinski definition) is 0. The number of fused-ring (bicyclic) bond motifs is 3. The van der Waals surface area contributed by atoms with Crippen LogP contribution in [-0.2, 0) is 22.9 Å². The van der Waals surface area contributed by atoms with Gasteiger partial charge in [0.15, 0.2) is 11.6 Å². The fraction of sp³-hybridized carbons (Fsp3) is 0.455. The quantitative estimate of drug-likeness (QED) is 0.571. The normalized spacial score (nSPS) is 20.0. The number of halogens is 2. The highest BCUT2D eigenvalue weighted by Crippen LogP contribution is 2.41. The second-order valence-corrected chi connectivity index (χ2v) is 11.6. The van der Waals surface area contributed by atoms with Gasteiger partial charge in [-0.25, -0.2) is 27.2 Å². The standard InChI is InChI=1S/C22H24F2N4O2S2/c1-13-3-5-16-19(11-13)31-22-20(16)21(25-14(2)26-22)27-7-9-28(10-8-27)32(29,30)15-4-6-17(23)18(24)12-15/h4,6,12-13H,3,5,7-11H2,1-2H3/t13-/m1/s1. The van der Waals surface area contributed by atoms with Crippen LogP contribution in [0.3, 0.4) is 0 Å². The third-order valence-corrected chi connectivity index (χ3v) is 9.36. The highest BCUT2D eigenvalue weighted by atomic mass is 32.2. The SMILES string of the molecule is Cc1nc(N2CCN(S(=O)(=O)c3ccc(F)c(F)c3)CC2)c2c3c(sc2n1)C[C@H](C)CC3. The van der Waals surface area contributed by atoms with E-state index in [1.165, 1.54) is 14.7 Å². The van der Waals surface area contributed by atoms with E-state index in [0.29, 0.717) is 24.8 Å². The molecule has 0 bridgehead atoms. The summed E-state index contributed by atoms with van der Waals surface area (Å²) in [5.74, 6) is 0.0176. The fourth-order valence-corrected chi connectivity index (χ4v) is 7.44.